The standard InChI is InChI=1S/C23H23N3O5/c1-3-26-22(29)18(21(28)24-19(14(2)27)23(30)31)17(15-10-6-4-7-11-15)20(25-26)16-12-8-5-9-13-16/h4-14,19,27H,3H2,1-2H3,(H,24,28)(H,30,31). The summed E-state index contributed by atoms with van der Waals surface area (Å²) in [7, 11) is 0. The summed E-state index contributed by atoms with van der Waals surface area (Å²) < 4.78 is 1.17. The van der Waals surface area contributed by atoms with Crippen LogP contribution in [0.4, 0.5) is 0 Å². The summed E-state index contributed by atoms with van der Waals surface area (Å²) in [5.41, 5.74) is 1.13. The molecular formula is C23H23N3O5. The van der Waals surface area contributed by atoms with Crippen LogP contribution in [0.2, 0.25) is 0 Å². The van der Waals surface area contributed by atoms with Crippen LogP contribution in [0.1, 0.15) is 24.2 Å². The van der Waals surface area contributed by atoms with Crippen molar-refractivity contribution in [2.24, 2.45) is 0 Å². The summed E-state index contributed by atoms with van der Waals surface area (Å²) >= 11 is 0. The van der Waals surface area contributed by atoms with Gasteiger partial charge in [-0.25, -0.2) is 9.48 Å². The molecule has 3 aromatic rings. The highest BCUT2D eigenvalue weighted by Crippen LogP contribution is 2.32. The van der Waals surface area contributed by atoms with Crippen LogP contribution in [0.3, 0.4) is 0 Å². The highest BCUT2D eigenvalue weighted by Gasteiger charge is 2.30. The molecule has 2 aromatic carbocycles. The minimum atomic E-state index is -1.57. The predicted molar refractivity (Wildman–Crippen MR) is 116 cm³/mol. The summed E-state index contributed by atoms with van der Waals surface area (Å²) in [5.74, 6) is -2.29. The van der Waals surface area contributed by atoms with E-state index in [1.165, 1.54) is 11.6 Å². The number of carboxylic acid groups (broad SMARTS) is 1. The zero-order chi connectivity index (χ0) is 22.5. The van der Waals surface area contributed by atoms with E-state index < -0.39 is 29.6 Å². The van der Waals surface area contributed by atoms with E-state index in [0.29, 0.717) is 22.4 Å². The van der Waals surface area contributed by atoms with E-state index in [2.05, 4.69) is 10.4 Å². The number of amides is 1. The largest absolute Gasteiger partial charge is 0.480 e. The molecule has 2 atom stereocenters. The minimum absolute atomic E-state index is 0.215. The van der Waals surface area contributed by atoms with Gasteiger partial charge in [0.1, 0.15) is 5.56 Å². The SMILES string of the molecule is CCn1nc(-c2ccccc2)c(-c2ccccc2)c(C(=O)NC(C(=O)O)C(C)O)c1=O. The Balaban J connectivity index is 2.32. The predicted octanol–water partition coefficient (Wildman–Crippen LogP) is 2.16. The first-order valence-electron chi connectivity index (χ1n) is 9.82. The number of nitrogens with zero attached hydrogens (tertiary/aromatic N) is 2. The molecule has 0 radical (unpaired) electrons. The van der Waals surface area contributed by atoms with Crippen molar-refractivity contribution in [2.75, 3.05) is 0 Å². The molecule has 3 N–H and O–H groups in total. The Morgan fingerprint density at radius 3 is 2.06 bits per heavy atom. The van der Waals surface area contributed by atoms with Crippen molar-refractivity contribution < 1.29 is 19.8 Å². The Morgan fingerprint density at radius 2 is 1.58 bits per heavy atom. The molecule has 0 bridgehead atoms. The number of carbonyl (C=O) groups excluding carboxylic acids is 1. The summed E-state index contributed by atoms with van der Waals surface area (Å²) in [4.78, 5) is 37.9. The quantitative estimate of drug-likeness (QED) is 0.538. The van der Waals surface area contributed by atoms with Gasteiger partial charge in [0, 0.05) is 17.7 Å². The molecule has 2 unspecified atom stereocenters. The second kappa shape index (κ2) is 9.36. The maximum Gasteiger partial charge on any atom is 0.328 e. The highest BCUT2D eigenvalue weighted by atomic mass is 16.4. The van der Waals surface area contributed by atoms with E-state index in [1.807, 2.05) is 30.3 Å². The van der Waals surface area contributed by atoms with Gasteiger partial charge in [0.15, 0.2) is 6.04 Å². The molecule has 0 spiro atoms. The number of hydrogen-bond acceptors (Lipinski definition) is 5. The molecule has 1 heterocycles. The normalized spacial score (nSPS) is 12.7. The van der Waals surface area contributed by atoms with E-state index >= 15 is 0 Å². The molecule has 0 aliphatic rings. The lowest BCUT2D eigenvalue weighted by Crippen LogP contribution is -2.49. The smallest absolute Gasteiger partial charge is 0.328 e. The number of nitrogens with one attached hydrogen (secondary N) is 1. The van der Waals surface area contributed by atoms with E-state index in [-0.39, 0.29) is 12.1 Å². The molecule has 3 rings (SSSR count). The molecular weight excluding hydrogens is 398 g/mol. The molecule has 0 saturated heterocycles. The van der Waals surface area contributed by atoms with Gasteiger partial charge in [-0.3, -0.25) is 9.59 Å². The number of aliphatic hydroxyl groups excluding tert-OH is 1. The Hall–Kier alpha value is -3.78. The third-order valence-corrected chi connectivity index (χ3v) is 4.83. The van der Waals surface area contributed by atoms with Crippen molar-refractivity contribution >= 4 is 11.9 Å². The second-order valence-corrected chi connectivity index (χ2v) is 6.98. The monoisotopic (exact) mass is 421 g/mol. The van der Waals surface area contributed by atoms with Crippen LogP contribution in [-0.4, -0.2) is 44.0 Å². The van der Waals surface area contributed by atoms with Gasteiger partial charge in [0.2, 0.25) is 0 Å². The molecule has 8 nitrogen and oxygen atoms in total. The fraction of sp³-hybridized carbons (Fsp3) is 0.217. The maximum atomic E-state index is 13.2. The van der Waals surface area contributed by atoms with Gasteiger partial charge in [-0.15, -0.1) is 0 Å². The molecule has 160 valence electrons. The zero-order valence-corrected chi connectivity index (χ0v) is 17.1. The lowest BCUT2D eigenvalue weighted by molar-refractivity contribution is -0.141. The number of aliphatic carboxylic acids is 1. The van der Waals surface area contributed by atoms with Crippen molar-refractivity contribution in [1.29, 1.82) is 0 Å². The van der Waals surface area contributed by atoms with Gasteiger partial charge >= 0.3 is 5.97 Å². The van der Waals surface area contributed by atoms with Crippen LogP contribution in [0.15, 0.2) is 65.5 Å². The van der Waals surface area contributed by atoms with E-state index in [0.717, 1.165) is 0 Å². The van der Waals surface area contributed by atoms with Crippen molar-refractivity contribution in [3.8, 4) is 22.4 Å². The lowest BCUT2D eigenvalue weighted by Gasteiger charge is -2.20. The number of rotatable bonds is 7. The highest BCUT2D eigenvalue weighted by molar-refractivity contribution is 6.04. The van der Waals surface area contributed by atoms with Crippen molar-refractivity contribution in [2.45, 2.75) is 32.5 Å². The molecule has 1 aromatic heterocycles. The fourth-order valence-electron chi connectivity index (χ4n) is 3.28. The van der Waals surface area contributed by atoms with Crippen molar-refractivity contribution in [3.63, 3.8) is 0 Å². The summed E-state index contributed by atoms with van der Waals surface area (Å²) in [6.07, 6.45) is -1.36. The van der Waals surface area contributed by atoms with Crippen LogP contribution in [-0.2, 0) is 11.3 Å². The number of aromatic nitrogens is 2. The molecule has 0 aliphatic carbocycles. The zero-order valence-electron chi connectivity index (χ0n) is 17.1. The molecule has 1 amide bonds. The molecule has 31 heavy (non-hydrogen) atoms. The average molecular weight is 421 g/mol. The van der Waals surface area contributed by atoms with Crippen molar-refractivity contribution in [1.82, 2.24) is 15.1 Å². The Morgan fingerprint density at radius 1 is 1.03 bits per heavy atom. The average Bonchev–Trinajstić information content (AvgIpc) is 2.77. The Labute approximate surface area is 178 Å². The van der Waals surface area contributed by atoms with Gasteiger partial charge in [0.05, 0.1) is 11.8 Å². The number of benzene rings is 2. The van der Waals surface area contributed by atoms with Crippen LogP contribution >= 0.6 is 0 Å². The number of hydrogen-bond donors (Lipinski definition) is 3. The second-order valence-electron chi connectivity index (χ2n) is 6.98. The topological polar surface area (TPSA) is 122 Å². The third kappa shape index (κ3) is 4.54. The van der Waals surface area contributed by atoms with E-state index in [4.69, 9.17) is 0 Å². The van der Waals surface area contributed by atoms with Crippen LogP contribution in [0, 0.1) is 0 Å². The Bertz CT molecular complexity index is 1140. The van der Waals surface area contributed by atoms with Gasteiger partial charge in [-0.2, -0.15) is 5.10 Å². The van der Waals surface area contributed by atoms with Gasteiger partial charge < -0.3 is 15.5 Å². The number of aryl methyl sites for hydroxylation is 1. The van der Waals surface area contributed by atoms with Crippen molar-refractivity contribution in [3.05, 3.63) is 76.6 Å². The van der Waals surface area contributed by atoms with Gasteiger partial charge in [-0.05, 0) is 19.4 Å². The number of carboxylic acids is 1. The van der Waals surface area contributed by atoms with Crippen LogP contribution < -0.4 is 10.9 Å². The van der Waals surface area contributed by atoms with E-state index in [9.17, 15) is 24.6 Å². The third-order valence-electron chi connectivity index (χ3n) is 4.83. The molecule has 0 saturated carbocycles. The first-order valence-corrected chi connectivity index (χ1v) is 9.82. The minimum Gasteiger partial charge on any atom is -0.480 e. The number of aliphatic hydroxyl groups is 1. The maximum absolute atomic E-state index is 13.2. The molecule has 0 aliphatic heterocycles. The first-order chi connectivity index (χ1) is 14.8. The van der Waals surface area contributed by atoms with E-state index in [1.54, 1.807) is 37.3 Å². The molecule has 8 heteroatoms. The lowest BCUT2D eigenvalue weighted by atomic mass is 9.95. The number of carbonyl (C=O) groups is 2. The summed E-state index contributed by atoms with van der Waals surface area (Å²) in [6, 6.07) is 16.4. The summed E-state index contributed by atoms with van der Waals surface area (Å²) in [6.45, 7) is 3.19. The van der Waals surface area contributed by atoms with Crippen LogP contribution in [0.5, 0.6) is 0 Å². The van der Waals surface area contributed by atoms with Crippen LogP contribution in [0.25, 0.3) is 22.4 Å². The fourth-order valence-corrected chi connectivity index (χ4v) is 3.28. The Kier molecular flexibility index (Phi) is 6.61. The summed E-state index contributed by atoms with van der Waals surface area (Å²) in [5, 5.41) is 25.9. The van der Waals surface area contributed by atoms with Gasteiger partial charge in [-0.1, -0.05) is 60.7 Å². The van der Waals surface area contributed by atoms with Gasteiger partial charge in [0.25, 0.3) is 11.5 Å². The first kappa shape index (κ1) is 21.9. The molecule has 0 fully saturated rings.